The lowest BCUT2D eigenvalue weighted by molar-refractivity contribution is 1.10. The lowest BCUT2D eigenvalue weighted by Crippen LogP contribution is -2.11. The summed E-state index contributed by atoms with van der Waals surface area (Å²) < 4.78 is 3.66. The number of nitrogens with zero attached hydrogens (tertiary/aromatic N) is 6. The second-order valence-electron chi connectivity index (χ2n) is 9.38. The van der Waals surface area contributed by atoms with Gasteiger partial charge in [-0.3, -0.25) is 0 Å². The van der Waals surface area contributed by atoms with Crippen LogP contribution in [0.15, 0.2) is 97.1 Å². The zero-order valence-electron chi connectivity index (χ0n) is 20.9. The second-order valence-corrected chi connectivity index (χ2v) is 9.38. The molecule has 0 aliphatic carbocycles. The quantitative estimate of drug-likeness (QED) is 0.243. The Balaban J connectivity index is 1.74. The molecule has 0 unspecified atom stereocenters. The van der Waals surface area contributed by atoms with E-state index in [0.29, 0.717) is 0 Å². The first kappa shape index (κ1) is 22.8. The molecule has 0 amide bonds. The summed E-state index contributed by atoms with van der Waals surface area (Å²) in [5.74, 6) is 0. The van der Waals surface area contributed by atoms with Gasteiger partial charge in [0.2, 0.25) is 0 Å². The fourth-order valence-corrected chi connectivity index (χ4v) is 5.93. The minimum Gasteiger partial charge on any atom is -0.307 e. The van der Waals surface area contributed by atoms with Crippen molar-refractivity contribution in [2.75, 3.05) is 0 Å². The topological polar surface area (TPSA) is 105 Å². The summed E-state index contributed by atoms with van der Waals surface area (Å²) in [7, 11) is 0. The van der Waals surface area contributed by atoms with E-state index in [1.54, 1.807) is 0 Å². The standard InChI is InChI=1S/C34H16N6/c35-17-25-27(19-37)34(40-31-15-7-3-11-23(31)24-12-4-8-16-32(24)40)28(20-38)26(18-36)33(25)39-29-13-5-1-9-21(29)22-10-2-6-14-30(22)39/h1-16H. The van der Waals surface area contributed by atoms with Crippen molar-refractivity contribution in [3.05, 3.63) is 119 Å². The summed E-state index contributed by atoms with van der Waals surface area (Å²) >= 11 is 0. The van der Waals surface area contributed by atoms with Crippen LogP contribution in [0.5, 0.6) is 0 Å². The third-order valence-electron chi connectivity index (χ3n) is 7.50. The molecule has 0 bridgehead atoms. The van der Waals surface area contributed by atoms with E-state index >= 15 is 0 Å². The van der Waals surface area contributed by atoms with Gasteiger partial charge >= 0.3 is 0 Å². The molecule has 2 heterocycles. The highest BCUT2D eigenvalue weighted by molar-refractivity contribution is 6.11. The van der Waals surface area contributed by atoms with E-state index in [1.165, 1.54) is 0 Å². The Bertz CT molecular complexity index is 2050. The molecule has 7 rings (SSSR count). The second kappa shape index (κ2) is 8.61. The molecule has 6 heteroatoms. The highest BCUT2D eigenvalue weighted by atomic mass is 15.0. The molecule has 6 nitrogen and oxygen atoms in total. The lowest BCUT2D eigenvalue weighted by Gasteiger charge is -2.19. The van der Waals surface area contributed by atoms with Crippen LogP contribution in [0, 0.1) is 45.3 Å². The van der Waals surface area contributed by atoms with E-state index in [1.807, 2.05) is 106 Å². The van der Waals surface area contributed by atoms with Gasteiger partial charge in [0, 0.05) is 21.5 Å². The van der Waals surface area contributed by atoms with Gasteiger partial charge in [-0.2, -0.15) is 21.0 Å². The van der Waals surface area contributed by atoms with Gasteiger partial charge in [0.1, 0.15) is 24.3 Å². The fraction of sp³-hybridized carbons (Fsp3) is 0. The third-order valence-corrected chi connectivity index (χ3v) is 7.50. The van der Waals surface area contributed by atoms with Crippen LogP contribution in [0.2, 0.25) is 0 Å². The Hall–Kier alpha value is -6.34. The van der Waals surface area contributed by atoms with E-state index in [-0.39, 0.29) is 33.6 Å². The average Bonchev–Trinajstić information content (AvgIpc) is 3.52. The molecule has 0 radical (unpaired) electrons. The van der Waals surface area contributed by atoms with Gasteiger partial charge in [0.25, 0.3) is 0 Å². The lowest BCUT2D eigenvalue weighted by atomic mass is 9.94. The predicted molar refractivity (Wildman–Crippen MR) is 154 cm³/mol. The SMILES string of the molecule is N#Cc1c(C#N)c(-n2c3ccccc3c3ccccc32)c(C#N)c(C#N)c1-n1c2ccccc2c2ccccc21. The summed E-state index contributed by atoms with van der Waals surface area (Å²) in [6.45, 7) is 0. The number of nitriles is 4. The Morgan fingerprint density at radius 2 is 0.575 bits per heavy atom. The minimum atomic E-state index is 0.0430. The van der Waals surface area contributed by atoms with Crippen LogP contribution in [0.1, 0.15) is 22.3 Å². The van der Waals surface area contributed by atoms with Crippen molar-refractivity contribution < 1.29 is 0 Å². The predicted octanol–water partition coefficient (Wildman–Crippen LogP) is 7.37. The molecular formula is C34H16N6. The summed E-state index contributed by atoms with van der Waals surface area (Å²) in [5, 5.41) is 46.1. The van der Waals surface area contributed by atoms with Crippen LogP contribution in [-0.4, -0.2) is 9.13 Å². The van der Waals surface area contributed by atoms with Crippen molar-refractivity contribution >= 4 is 43.6 Å². The highest BCUT2D eigenvalue weighted by Crippen LogP contribution is 2.41. The number of benzene rings is 5. The molecule has 7 aromatic rings. The van der Waals surface area contributed by atoms with E-state index in [4.69, 9.17) is 0 Å². The Kier molecular flexibility index (Phi) is 4.91. The van der Waals surface area contributed by atoms with Gasteiger partial charge in [0.15, 0.2) is 0 Å². The fourth-order valence-electron chi connectivity index (χ4n) is 5.93. The number of para-hydroxylation sites is 4. The minimum absolute atomic E-state index is 0.0430. The van der Waals surface area contributed by atoms with Crippen molar-refractivity contribution in [3.63, 3.8) is 0 Å². The average molecular weight is 509 g/mol. The monoisotopic (exact) mass is 508 g/mol. The normalized spacial score (nSPS) is 10.9. The zero-order chi connectivity index (χ0) is 27.4. The number of rotatable bonds is 2. The number of aromatic nitrogens is 2. The Morgan fingerprint density at radius 1 is 0.350 bits per heavy atom. The maximum Gasteiger partial charge on any atom is 0.103 e. The Labute approximate surface area is 228 Å². The van der Waals surface area contributed by atoms with Gasteiger partial charge < -0.3 is 9.13 Å². The van der Waals surface area contributed by atoms with Crippen molar-refractivity contribution in [1.82, 2.24) is 9.13 Å². The zero-order valence-corrected chi connectivity index (χ0v) is 20.9. The maximum absolute atomic E-state index is 10.6. The third kappa shape index (κ3) is 2.88. The van der Waals surface area contributed by atoms with Crippen molar-refractivity contribution in [3.8, 4) is 35.7 Å². The molecule has 0 spiro atoms. The summed E-state index contributed by atoms with van der Waals surface area (Å²) in [4.78, 5) is 0. The molecule has 0 fully saturated rings. The molecule has 0 saturated carbocycles. The van der Waals surface area contributed by atoms with Crippen LogP contribution in [0.4, 0.5) is 0 Å². The molecule has 182 valence electrons. The van der Waals surface area contributed by atoms with E-state index < -0.39 is 0 Å². The molecule has 2 aromatic heterocycles. The molecule has 0 atom stereocenters. The van der Waals surface area contributed by atoms with Crippen LogP contribution in [-0.2, 0) is 0 Å². The largest absolute Gasteiger partial charge is 0.307 e. The first-order valence-corrected chi connectivity index (χ1v) is 12.5. The van der Waals surface area contributed by atoms with E-state index in [0.717, 1.165) is 43.6 Å². The molecule has 40 heavy (non-hydrogen) atoms. The van der Waals surface area contributed by atoms with Gasteiger partial charge in [-0.05, 0) is 24.3 Å². The molecule has 0 N–H and O–H groups in total. The number of hydrogen-bond acceptors (Lipinski definition) is 4. The smallest absolute Gasteiger partial charge is 0.103 e. The molecule has 5 aromatic carbocycles. The van der Waals surface area contributed by atoms with Gasteiger partial charge in [-0.25, -0.2) is 0 Å². The van der Waals surface area contributed by atoms with Crippen LogP contribution in [0.3, 0.4) is 0 Å². The van der Waals surface area contributed by atoms with Crippen LogP contribution >= 0.6 is 0 Å². The number of fused-ring (bicyclic) bond motifs is 6. The summed E-state index contributed by atoms with van der Waals surface area (Å²) in [5.41, 5.74) is 3.73. The van der Waals surface area contributed by atoms with Crippen molar-refractivity contribution in [2.24, 2.45) is 0 Å². The molecule has 0 saturated heterocycles. The molecule has 0 aliphatic heterocycles. The van der Waals surface area contributed by atoms with Crippen molar-refractivity contribution in [1.29, 1.82) is 21.0 Å². The van der Waals surface area contributed by atoms with Gasteiger partial charge in [-0.15, -0.1) is 0 Å². The summed E-state index contributed by atoms with van der Waals surface area (Å²) in [6.07, 6.45) is 0. The first-order chi connectivity index (χ1) is 19.7. The summed E-state index contributed by atoms with van der Waals surface area (Å²) in [6, 6.07) is 39.8. The maximum atomic E-state index is 10.6. The Morgan fingerprint density at radius 3 is 0.800 bits per heavy atom. The van der Waals surface area contributed by atoms with Crippen LogP contribution < -0.4 is 0 Å². The van der Waals surface area contributed by atoms with E-state index in [9.17, 15) is 21.0 Å². The molecule has 0 aliphatic rings. The first-order valence-electron chi connectivity index (χ1n) is 12.5. The highest BCUT2D eigenvalue weighted by Gasteiger charge is 2.30. The van der Waals surface area contributed by atoms with Gasteiger partial charge in [0.05, 0.1) is 55.7 Å². The van der Waals surface area contributed by atoms with Gasteiger partial charge in [-0.1, -0.05) is 72.8 Å². The van der Waals surface area contributed by atoms with Crippen LogP contribution in [0.25, 0.3) is 55.0 Å². The van der Waals surface area contributed by atoms with E-state index in [2.05, 4.69) is 24.3 Å². The van der Waals surface area contributed by atoms with Crippen molar-refractivity contribution in [2.45, 2.75) is 0 Å². The molecular weight excluding hydrogens is 492 g/mol. The number of hydrogen-bond donors (Lipinski definition) is 0.